The Morgan fingerprint density at radius 2 is 1.97 bits per heavy atom. The highest BCUT2D eigenvalue weighted by Crippen LogP contribution is 2.36. The van der Waals surface area contributed by atoms with Crippen LogP contribution in [0.2, 0.25) is 5.02 Å². The van der Waals surface area contributed by atoms with Crippen LogP contribution >= 0.6 is 22.9 Å². The van der Waals surface area contributed by atoms with Crippen LogP contribution in [0.4, 0.5) is 10.8 Å². The van der Waals surface area contributed by atoms with E-state index >= 15 is 0 Å². The molecule has 0 N–H and O–H groups in total. The maximum Gasteiger partial charge on any atom is 0.282 e. The number of amides is 1. The minimum absolute atomic E-state index is 0.0151. The van der Waals surface area contributed by atoms with Gasteiger partial charge in [0.1, 0.15) is 16.8 Å². The number of nitrogens with zero attached hydrogens (tertiary/aromatic N) is 4. The Labute approximate surface area is 181 Å². The van der Waals surface area contributed by atoms with Gasteiger partial charge in [0.15, 0.2) is 5.13 Å². The second kappa shape index (κ2) is 8.08. The van der Waals surface area contributed by atoms with Crippen LogP contribution in [-0.2, 0) is 0 Å². The quantitative estimate of drug-likeness (QED) is 0.442. The molecule has 2 aromatic carbocycles. The first-order valence-corrected chi connectivity index (χ1v) is 10.5. The molecule has 3 aromatic rings. The van der Waals surface area contributed by atoms with Crippen LogP contribution in [0, 0.1) is 17.0 Å². The molecule has 0 unspecified atom stereocenters. The molecule has 0 spiro atoms. The first kappa shape index (κ1) is 20.4. The number of benzene rings is 2. The predicted octanol–water partition coefficient (Wildman–Crippen LogP) is 4.14. The summed E-state index contributed by atoms with van der Waals surface area (Å²) in [5, 5.41) is 12.5. The lowest BCUT2D eigenvalue weighted by Crippen LogP contribution is -2.48. The van der Waals surface area contributed by atoms with Gasteiger partial charge in [0.25, 0.3) is 11.6 Å². The lowest BCUT2D eigenvalue weighted by Gasteiger charge is -2.34. The number of hydrogen-bond donors (Lipinski definition) is 0. The van der Waals surface area contributed by atoms with Crippen LogP contribution in [0.5, 0.6) is 5.75 Å². The van der Waals surface area contributed by atoms with E-state index in [0.29, 0.717) is 31.2 Å². The third-order valence-corrected chi connectivity index (χ3v) is 6.62. The van der Waals surface area contributed by atoms with Crippen LogP contribution in [0.25, 0.3) is 10.2 Å². The molecule has 1 aromatic heterocycles. The topological polar surface area (TPSA) is 88.8 Å². The summed E-state index contributed by atoms with van der Waals surface area (Å²) >= 11 is 7.56. The van der Waals surface area contributed by atoms with Crippen molar-refractivity contribution in [2.24, 2.45) is 0 Å². The van der Waals surface area contributed by atoms with Crippen molar-refractivity contribution < 1.29 is 14.5 Å². The number of carbonyl (C=O) groups excluding carboxylic acids is 1. The number of fused-ring (bicyclic) bond motifs is 1. The van der Waals surface area contributed by atoms with Gasteiger partial charge >= 0.3 is 0 Å². The summed E-state index contributed by atoms with van der Waals surface area (Å²) in [6.07, 6.45) is 0. The Hall–Kier alpha value is -2.91. The third kappa shape index (κ3) is 3.66. The van der Waals surface area contributed by atoms with Crippen molar-refractivity contribution in [3.8, 4) is 5.75 Å². The molecule has 0 aliphatic carbocycles. The Balaban J connectivity index is 1.53. The van der Waals surface area contributed by atoms with Crippen LogP contribution in [-0.4, -0.2) is 54.0 Å². The van der Waals surface area contributed by atoms with Crippen molar-refractivity contribution in [2.45, 2.75) is 6.92 Å². The summed E-state index contributed by atoms with van der Waals surface area (Å²) in [7, 11) is 1.63. The number of aromatic nitrogens is 1. The van der Waals surface area contributed by atoms with Crippen molar-refractivity contribution in [3.63, 3.8) is 0 Å². The average molecular weight is 447 g/mol. The summed E-state index contributed by atoms with van der Waals surface area (Å²) in [5.74, 6) is 0.353. The molecule has 0 bridgehead atoms. The lowest BCUT2D eigenvalue weighted by molar-refractivity contribution is -0.385. The monoisotopic (exact) mass is 446 g/mol. The van der Waals surface area contributed by atoms with Crippen LogP contribution in [0.3, 0.4) is 0 Å². The number of nitro benzene ring substituents is 1. The minimum Gasteiger partial charge on any atom is -0.494 e. The van der Waals surface area contributed by atoms with E-state index in [4.69, 9.17) is 21.3 Å². The highest BCUT2D eigenvalue weighted by molar-refractivity contribution is 7.22. The number of aryl methyl sites for hydroxylation is 1. The van der Waals surface area contributed by atoms with Gasteiger partial charge in [-0.1, -0.05) is 29.0 Å². The Bertz CT molecular complexity index is 1140. The third-order valence-electron chi connectivity index (χ3n) is 5.14. The highest BCUT2D eigenvalue weighted by atomic mass is 35.5. The SMILES string of the molecule is COc1ccc(C)c2sc(N3CCN(C(=O)c4cc(Cl)ccc4[N+](=O)[O-])CC3)nc12. The molecule has 8 nitrogen and oxygen atoms in total. The van der Waals surface area contributed by atoms with E-state index < -0.39 is 4.92 Å². The molecule has 4 rings (SSSR count). The van der Waals surface area contributed by atoms with Crippen LogP contribution in [0.15, 0.2) is 30.3 Å². The summed E-state index contributed by atoms with van der Waals surface area (Å²) in [6, 6.07) is 7.96. The van der Waals surface area contributed by atoms with Gasteiger partial charge in [-0.25, -0.2) is 4.98 Å². The predicted molar refractivity (Wildman–Crippen MR) is 117 cm³/mol. The standard InChI is InChI=1S/C20H19ClN4O4S/c1-12-3-6-16(29-2)17-18(12)30-20(22-17)24-9-7-23(8-10-24)19(26)14-11-13(21)4-5-15(14)25(27)28/h3-6,11H,7-10H2,1-2H3. The Morgan fingerprint density at radius 1 is 1.23 bits per heavy atom. The molecule has 1 fully saturated rings. The van der Waals surface area contributed by atoms with Crippen molar-refractivity contribution in [2.75, 3.05) is 38.2 Å². The van der Waals surface area contributed by atoms with Crippen LogP contribution in [0.1, 0.15) is 15.9 Å². The minimum atomic E-state index is -0.559. The number of piperazine rings is 1. The maximum atomic E-state index is 12.9. The number of ether oxygens (including phenoxy) is 1. The molecule has 2 heterocycles. The Kier molecular flexibility index (Phi) is 5.48. The fraction of sp³-hybridized carbons (Fsp3) is 0.300. The van der Waals surface area contributed by atoms with E-state index in [9.17, 15) is 14.9 Å². The molecule has 0 saturated carbocycles. The largest absolute Gasteiger partial charge is 0.494 e. The molecule has 30 heavy (non-hydrogen) atoms. The second-order valence-corrected chi connectivity index (χ2v) is 8.37. The van der Waals surface area contributed by atoms with Crippen molar-refractivity contribution in [1.82, 2.24) is 9.88 Å². The van der Waals surface area contributed by atoms with Gasteiger partial charge < -0.3 is 14.5 Å². The molecule has 1 aliphatic rings. The number of nitro groups is 1. The number of thiazole rings is 1. The fourth-order valence-corrected chi connectivity index (χ4v) is 4.78. The number of halogens is 1. The van der Waals surface area contributed by atoms with Gasteiger partial charge in [-0.15, -0.1) is 0 Å². The van der Waals surface area contributed by atoms with E-state index in [-0.39, 0.29) is 17.2 Å². The van der Waals surface area contributed by atoms with Gasteiger partial charge in [0.05, 0.1) is 16.7 Å². The zero-order valence-corrected chi connectivity index (χ0v) is 18.0. The molecular weight excluding hydrogens is 428 g/mol. The average Bonchev–Trinajstić information content (AvgIpc) is 3.20. The lowest BCUT2D eigenvalue weighted by atomic mass is 10.1. The molecule has 0 atom stereocenters. The molecule has 0 radical (unpaired) electrons. The van der Waals surface area contributed by atoms with Gasteiger partial charge in [0, 0.05) is 37.3 Å². The molecule has 1 amide bonds. The van der Waals surface area contributed by atoms with Crippen LogP contribution < -0.4 is 9.64 Å². The zero-order chi connectivity index (χ0) is 21.4. The van der Waals surface area contributed by atoms with E-state index in [0.717, 1.165) is 26.7 Å². The number of carbonyl (C=O) groups is 1. The highest BCUT2D eigenvalue weighted by Gasteiger charge is 2.29. The number of anilines is 1. The van der Waals surface area contributed by atoms with E-state index in [1.54, 1.807) is 23.3 Å². The van der Waals surface area contributed by atoms with Crippen molar-refractivity contribution in [3.05, 3.63) is 56.6 Å². The van der Waals surface area contributed by atoms with E-state index in [1.807, 2.05) is 19.1 Å². The molecule has 10 heteroatoms. The fourth-order valence-electron chi connectivity index (χ4n) is 3.51. The van der Waals surface area contributed by atoms with Gasteiger partial charge in [-0.2, -0.15) is 0 Å². The first-order valence-electron chi connectivity index (χ1n) is 9.31. The van der Waals surface area contributed by atoms with Gasteiger partial charge in [-0.05, 0) is 30.7 Å². The number of methoxy groups -OCH3 is 1. The molecule has 1 saturated heterocycles. The van der Waals surface area contributed by atoms with Crippen molar-refractivity contribution in [1.29, 1.82) is 0 Å². The number of rotatable bonds is 4. The Morgan fingerprint density at radius 3 is 2.63 bits per heavy atom. The van der Waals surface area contributed by atoms with E-state index in [2.05, 4.69) is 4.90 Å². The summed E-state index contributed by atoms with van der Waals surface area (Å²) in [6.45, 7) is 4.09. The first-order chi connectivity index (χ1) is 14.4. The summed E-state index contributed by atoms with van der Waals surface area (Å²) in [4.78, 5) is 32.1. The van der Waals surface area contributed by atoms with E-state index in [1.165, 1.54) is 18.2 Å². The molecule has 1 aliphatic heterocycles. The summed E-state index contributed by atoms with van der Waals surface area (Å²) in [5.41, 5.74) is 1.75. The smallest absolute Gasteiger partial charge is 0.282 e. The van der Waals surface area contributed by atoms with Gasteiger partial charge in [-0.3, -0.25) is 14.9 Å². The normalized spacial score (nSPS) is 14.2. The second-order valence-electron chi connectivity index (χ2n) is 6.96. The van der Waals surface area contributed by atoms with Gasteiger partial charge in [0.2, 0.25) is 0 Å². The summed E-state index contributed by atoms with van der Waals surface area (Å²) < 4.78 is 6.51. The number of hydrogen-bond acceptors (Lipinski definition) is 7. The zero-order valence-electron chi connectivity index (χ0n) is 16.4. The maximum absolute atomic E-state index is 12.9. The van der Waals surface area contributed by atoms with Crippen molar-refractivity contribution >= 4 is 49.9 Å². The molecular formula is C20H19ClN4O4S. The molecule has 156 valence electrons.